The van der Waals surface area contributed by atoms with Gasteiger partial charge in [0.15, 0.2) is 0 Å². The third-order valence-corrected chi connectivity index (χ3v) is 7.66. The van der Waals surface area contributed by atoms with Crippen LogP contribution < -0.4 is 9.62 Å². The van der Waals surface area contributed by atoms with Crippen molar-refractivity contribution in [3.63, 3.8) is 0 Å². The molecule has 0 saturated heterocycles. The molecule has 202 valence electrons. The molecule has 38 heavy (non-hydrogen) atoms. The molecule has 7 nitrogen and oxygen atoms in total. The number of amides is 2. The molecule has 0 aliphatic heterocycles. The highest BCUT2D eigenvalue weighted by molar-refractivity contribution is 7.92. The molecule has 10 heteroatoms. The summed E-state index contributed by atoms with van der Waals surface area (Å²) in [5.74, 6) is -1.57. The van der Waals surface area contributed by atoms with Gasteiger partial charge in [0, 0.05) is 17.1 Å². The first-order chi connectivity index (χ1) is 17.8. The van der Waals surface area contributed by atoms with Gasteiger partial charge in [-0.25, -0.2) is 12.8 Å². The van der Waals surface area contributed by atoms with Crippen molar-refractivity contribution >= 4 is 39.1 Å². The lowest BCUT2D eigenvalue weighted by molar-refractivity contribution is -0.140. The van der Waals surface area contributed by atoms with Crippen molar-refractivity contribution in [1.82, 2.24) is 10.2 Å². The first-order valence-corrected chi connectivity index (χ1v) is 13.8. The van der Waals surface area contributed by atoms with Gasteiger partial charge < -0.3 is 10.2 Å². The molecule has 0 aliphatic carbocycles. The highest BCUT2D eigenvalue weighted by atomic mass is 35.5. The number of hydrogen-bond acceptors (Lipinski definition) is 4. The number of anilines is 1. The molecule has 0 fully saturated rings. The number of sulfonamides is 1. The third kappa shape index (κ3) is 7.55. The second-order valence-corrected chi connectivity index (χ2v) is 12.2. The topological polar surface area (TPSA) is 86.8 Å². The van der Waals surface area contributed by atoms with Crippen molar-refractivity contribution in [2.75, 3.05) is 10.8 Å². The minimum atomic E-state index is -4.26. The Morgan fingerprint density at radius 2 is 1.61 bits per heavy atom. The van der Waals surface area contributed by atoms with E-state index in [9.17, 15) is 22.4 Å². The summed E-state index contributed by atoms with van der Waals surface area (Å²) in [6.07, 6.45) is 0. The number of hydrogen-bond donors (Lipinski definition) is 1. The maximum absolute atomic E-state index is 13.8. The van der Waals surface area contributed by atoms with Crippen LogP contribution in [-0.2, 0) is 26.2 Å². The van der Waals surface area contributed by atoms with E-state index >= 15 is 0 Å². The highest BCUT2D eigenvalue weighted by Gasteiger charge is 2.33. The van der Waals surface area contributed by atoms with Crippen LogP contribution in [0.25, 0.3) is 0 Å². The average Bonchev–Trinajstić information content (AvgIpc) is 2.85. The van der Waals surface area contributed by atoms with Gasteiger partial charge in [0.2, 0.25) is 11.8 Å². The minimum absolute atomic E-state index is 0.0251. The Morgan fingerprint density at radius 1 is 0.974 bits per heavy atom. The number of carbonyl (C=O) groups is 2. The van der Waals surface area contributed by atoms with E-state index in [2.05, 4.69) is 5.32 Å². The molecule has 2 amide bonds. The molecular formula is C28H31ClFN3O4S. The largest absolute Gasteiger partial charge is 0.350 e. The smallest absolute Gasteiger partial charge is 0.264 e. The van der Waals surface area contributed by atoms with Crippen LogP contribution in [0, 0.1) is 5.82 Å². The summed E-state index contributed by atoms with van der Waals surface area (Å²) in [5, 5.41) is 3.34. The van der Waals surface area contributed by atoms with Gasteiger partial charge in [0.25, 0.3) is 10.0 Å². The van der Waals surface area contributed by atoms with Crippen LogP contribution in [0.3, 0.4) is 0 Å². The van der Waals surface area contributed by atoms with Gasteiger partial charge in [-0.15, -0.1) is 0 Å². The lowest BCUT2D eigenvalue weighted by Crippen LogP contribution is -2.54. The van der Waals surface area contributed by atoms with Crippen LogP contribution in [0.4, 0.5) is 10.1 Å². The molecule has 0 bridgehead atoms. The van der Waals surface area contributed by atoms with E-state index in [-0.39, 0.29) is 23.0 Å². The lowest BCUT2D eigenvalue weighted by atomic mass is 10.1. The maximum atomic E-state index is 13.8. The minimum Gasteiger partial charge on any atom is -0.350 e. The standard InChI is InChI=1S/C28H31ClFN3O4S/c1-20(27(35)31-28(2,3)4)32(18-21-9-8-10-22(29)17-21)26(34)19-33(24-11-6-5-7-12-24)38(36,37)25-15-13-23(30)14-16-25/h5-17,20H,18-19H2,1-4H3,(H,31,35)/t20-/m0/s1. The van der Waals surface area contributed by atoms with Gasteiger partial charge in [-0.3, -0.25) is 13.9 Å². The van der Waals surface area contributed by atoms with Crippen molar-refractivity contribution in [3.05, 3.63) is 95.3 Å². The Bertz CT molecular complexity index is 1380. The van der Waals surface area contributed by atoms with Crippen molar-refractivity contribution in [3.8, 4) is 0 Å². The average molecular weight is 560 g/mol. The molecule has 3 rings (SSSR count). The predicted molar refractivity (Wildman–Crippen MR) is 147 cm³/mol. The fraction of sp³-hybridized carbons (Fsp3) is 0.286. The van der Waals surface area contributed by atoms with Crippen molar-refractivity contribution < 1.29 is 22.4 Å². The number of para-hydroxylation sites is 1. The van der Waals surface area contributed by atoms with E-state index in [0.29, 0.717) is 10.6 Å². The van der Waals surface area contributed by atoms with Gasteiger partial charge in [0.1, 0.15) is 18.4 Å². The molecule has 0 saturated carbocycles. The summed E-state index contributed by atoms with van der Waals surface area (Å²) in [6, 6.07) is 18.5. The molecular weight excluding hydrogens is 529 g/mol. The number of carbonyl (C=O) groups excluding carboxylic acids is 2. The summed E-state index contributed by atoms with van der Waals surface area (Å²) in [5.41, 5.74) is 0.381. The van der Waals surface area contributed by atoms with E-state index in [0.717, 1.165) is 28.6 Å². The molecule has 1 atom stereocenters. The van der Waals surface area contributed by atoms with Crippen molar-refractivity contribution in [2.24, 2.45) is 0 Å². The zero-order chi connectivity index (χ0) is 28.1. The Hall–Kier alpha value is -3.43. The van der Waals surface area contributed by atoms with E-state index in [1.165, 1.54) is 4.90 Å². The first-order valence-electron chi connectivity index (χ1n) is 12.0. The summed E-state index contributed by atoms with van der Waals surface area (Å²) in [6.45, 7) is 6.51. The Kier molecular flexibility index (Phi) is 9.17. The number of benzene rings is 3. The summed E-state index contributed by atoms with van der Waals surface area (Å²) in [4.78, 5) is 28.0. The fourth-order valence-corrected chi connectivity index (χ4v) is 5.37. The molecule has 0 heterocycles. The van der Waals surface area contributed by atoms with E-state index < -0.39 is 39.9 Å². The predicted octanol–water partition coefficient (Wildman–Crippen LogP) is 5.01. The van der Waals surface area contributed by atoms with Gasteiger partial charge in [-0.1, -0.05) is 41.9 Å². The van der Waals surface area contributed by atoms with Crippen LogP contribution >= 0.6 is 11.6 Å². The zero-order valence-electron chi connectivity index (χ0n) is 21.7. The second kappa shape index (κ2) is 12.0. The van der Waals surface area contributed by atoms with E-state index in [4.69, 9.17) is 11.6 Å². The van der Waals surface area contributed by atoms with E-state index in [1.54, 1.807) is 61.5 Å². The molecule has 0 aromatic heterocycles. The Balaban J connectivity index is 2.01. The first kappa shape index (κ1) is 29.1. The molecule has 0 aliphatic rings. The normalized spacial score (nSPS) is 12.5. The third-order valence-electron chi connectivity index (χ3n) is 5.63. The molecule has 0 unspecified atom stereocenters. The summed E-state index contributed by atoms with van der Waals surface area (Å²) >= 11 is 6.14. The second-order valence-electron chi connectivity index (χ2n) is 9.87. The number of rotatable bonds is 9. The molecule has 3 aromatic carbocycles. The zero-order valence-corrected chi connectivity index (χ0v) is 23.3. The SMILES string of the molecule is C[C@@H](C(=O)NC(C)(C)C)N(Cc1cccc(Cl)c1)C(=O)CN(c1ccccc1)S(=O)(=O)c1ccc(F)cc1. The van der Waals surface area contributed by atoms with E-state index in [1.807, 2.05) is 20.8 Å². The number of halogens is 2. The van der Waals surface area contributed by atoms with Gasteiger partial charge in [-0.2, -0.15) is 0 Å². The monoisotopic (exact) mass is 559 g/mol. The van der Waals surface area contributed by atoms with Crippen molar-refractivity contribution in [2.45, 2.75) is 50.7 Å². The summed E-state index contributed by atoms with van der Waals surface area (Å²) < 4.78 is 41.7. The number of nitrogens with zero attached hydrogens (tertiary/aromatic N) is 2. The molecule has 0 radical (unpaired) electrons. The van der Waals surface area contributed by atoms with Crippen LogP contribution in [0.1, 0.15) is 33.3 Å². The number of nitrogens with one attached hydrogen (secondary N) is 1. The summed E-state index contributed by atoms with van der Waals surface area (Å²) in [7, 11) is -4.26. The van der Waals surface area contributed by atoms with Crippen LogP contribution in [0.5, 0.6) is 0 Å². The quantitative estimate of drug-likeness (QED) is 0.399. The van der Waals surface area contributed by atoms with Gasteiger partial charge >= 0.3 is 0 Å². The Morgan fingerprint density at radius 3 is 2.18 bits per heavy atom. The van der Waals surface area contributed by atoms with Crippen LogP contribution in [-0.4, -0.2) is 43.3 Å². The van der Waals surface area contributed by atoms with Gasteiger partial charge in [0.05, 0.1) is 10.6 Å². The maximum Gasteiger partial charge on any atom is 0.264 e. The van der Waals surface area contributed by atoms with Crippen molar-refractivity contribution in [1.29, 1.82) is 0 Å². The fourth-order valence-electron chi connectivity index (χ4n) is 3.75. The highest BCUT2D eigenvalue weighted by Crippen LogP contribution is 2.25. The molecule has 0 spiro atoms. The van der Waals surface area contributed by atoms with Gasteiger partial charge in [-0.05, 0) is 81.8 Å². The lowest BCUT2D eigenvalue weighted by Gasteiger charge is -2.33. The van der Waals surface area contributed by atoms with Crippen LogP contribution in [0.15, 0.2) is 83.8 Å². The van der Waals surface area contributed by atoms with Crippen LogP contribution in [0.2, 0.25) is 5.02 Å². The molecule has 1 N–H and O–H groups in total. The Labute approximate surface area is 228 Å². The molecule has 3 aromatic rings.